The summed E-state index contributed by atoms with van der Waals surface area (Å²) >= 11 is 5.96. The van der Waals surface area contributed by atoms with Crippen LogP contribution in [0.25, 0.3) is 10.9 Å². The number of anilines is 3. The van der Waals surface area contributed by atoms with Gasteiger partial charge in [0.2, 0.25) is 0 Å². The van der Waals surface area contributed by atoms with E-state index in [1.165, 1.54) is 12.1 Å². The molecule has 0 saturated heterocycles. The minimum absolute atomic E-state index is 0.323. The minimum Gasteiger partial charge on any atom is -0.382 e. The van der Waals surface area contributed by atoms with E-state index in [0.29, 0.717) is 16.5 Å². The number of aromatic amines is 1. The zero-order valence-corrected chi connectivity index (χ0v) is 10.5. The molecule has 1 heterocycles. The van der Waals surface area contributed by atoms with Gasteiger partial charge in [-0.15, -0.1) is 0 Å². The zero-order valence-electron chi connectivity index (χ0n) is 9.74. The fourth-order valence-corrected chi connectivity index (χ4v) is 2.08. The third-order valence-electron chi connectivity index (χ3n) is 2.80. The van der Waals surface area contributed by atoms with Crippen molar-refractivity contribution in [3.63, 3.8) is 0 Å². The number of fused-ring (bicyclic) bond motifs is 1. The van der Waals surface area contributed by atoms with Gasteiger partial charge in [0.25, 0.3) is 0 Å². The number of nitrogens with two attached hydrogens (primary N) is 1. The summed E-state index contributed by atoms with van der Waals surface area (Å²) in [4.78, 5) is 0. The fourth-order valence-electron chi connectivity index (χ4n) is 1.86. The highest BCUT2D eigenvalue weighted by molar-refractivity contribution is 6.33. The largest absolute Gasteiger partial charge is 0.382 e. The molecular weight excluding hydrogens is 267 g/mol. The van der Waals surface area contributed by atoms with Crippen molar-refractivity contribution < 1.29 is 4.39 Å². The first-order chi connectivity index (χ1) is 9.13. The summed E-state index contributed by atoms with van der Waals surface area (Å²) in [5.74, 6) is 0.0914. The van der Waals surface area contributed by atoms with Gasteiger partial charge in [-0.3, -0.25) is 5.10 Å². The summed E-state index contributed by atoms with van der Waals surface area (Å²) in [5.41, 5.74) is 7.96. The van der Waals surface area contributed by atoms with Crippen molar-refractivity contribution in [3.05, 3.63) is 47.2 Å². The first-order valence-electron chi connectivity index (χ1n) is 5.59. The van der Waals surface area contributed by atoms with E-state index in [9.17, 15) is 4.39 Å². The Balaban J connectivity index is 1.96. The van der Waals surface area contributed by atoms with Crippen molar-refractivity contribution in [1.29, 1.82) is 0 Å². The first kappa shape index (κ1) is 11.8. The number of nitrogen functional groups attached to an aromatic ring is 1. The van der Waals surface area contributed by atoms with Crippen LogP contribution >= 0.6 is 11.6 Å². The molecule has 0 amide bonds. The molecule has 19 heavy (non-hydrogen) atoms. The number of halogens is 2. The zero-order chi connectivity index (χ0) is 13.4. The van der Waals surface area contributed by atoms with Crippen LogP contribution in [0.5, 0.6) is 0 Å². The van der Waals surface area contributed by atoms with Gasteiger partial charge < -0.3 is 11.1 Å². The quantitative estimate of drug-likeness (QED) is 0.669. The van der Waals surface area contributed by atoms with Crippen LogP contribution in [-0.4, -0.2) is 10.2 Å². The predicted molar refractivity (Wildman–Crippen MR) is 75.2 cm³/mol. The molecule has 0 bridgehead atoms. The van der Waals surface area contributed by atoms with Gasteiger partial charge in [-0.1, -0.05) is 11.6 Å². The molecular formula is C13H10ClFN4. The average molecular weight is 277 g/mol. The Morgan fingerprint density at radius 2 is 2.05 bits per heavy atom. The molecule has 0 aliphatic carbocycles. The summed E-state index contributed by atoms with van der Waals surface area (Å²) in [6.07, 6.45) is 0. The van der Waals surface area contributed by atoms with Crippen LogP contribution in [0, 0.1) is 5.82 Å². The molecule has 0 aliphatic rings. The number of benzene rings is 2. The Labute approximate surface area is 113 Å². The number of nitrogens with one attached hydrogen (secondary N) is 2. The second-order valence-electron chi connectivity index (χ2n) is 4.12. The molecule has 0 radical (unpaired) electrons. The molecule has 0 unspecified atom stereocenters. The van der Waals surface area contributed by atoms with Gasteiger partial charge in [0, 0.05) is 11.1 Å². The van der Waals surface area contributed by atoms with Crippen molar-refractivity contribution >= 4 is 39.7 Å². The van der Waals surface area contributed by atoms with E-state index in [1.54, 1.807) is 6.07 Å². The van der Waals surface area contributed by atoms with Crippen LogP contribution in [0.1, 0.15) is 0 Å². The molecule has 1 aromatic heterocycles. The maximum atomic E-state index is 13.0. The predicted octanol–water partition coefficient (Wildman–Crippen LogP) is 3.68. The standard InChI is InChI=1S/C13H10ClFN4/c14-10-5-7(15)1-4-11(10)17-8-2-3-9-12(6-8)18-19-13(9)16/h1-6,17H,(H3,16,18,19). The number of aromatic nitrogens is 2. The second-order valence-corrected chi connectivity index (χ2v) is 4.53. The van der Waals surface area contributed by atoms with Crippen LogP contribution < -0.4 is 11.1 Å². The highest BCUT2D eigenvalue weighted by Crippen LogP contribution is 2.28. The van der Waals surface area contributed by atoms with Gasteiger partial charge in [0.05, 0.1) is 16.2 Å². The van der Waals surface area contributed by atoms with Crippen molar-refractivity contribution in [2.45, 2.75) is 0 Å². The van der Waals surface area contributed by atoms with Crippen molar-refractivity contribution in [2.24, 2.45) is 0 Å². The molecule has 0 spiro atoms. The minimum atomic E-state index is -0.368. The lowest BCUT2D eigenvalue weighted by molar-refractivity contribution is 0.628. The smallest absolute Gasteiger partial charge is 0.153 e. The highest BCUT2D eigenvalue weighted by Gasteiger charge is 2.05. The van der Waals surface area contributed by atoms with Gasteiger partial charge in [-0.2, -0.15) is 5.10 Å². The Hall–Kier alpha value is -2.27. The number of H-pyrrole nitrogens is 1. The maximum absolute atomic E-state index is 13.0. The Morgan fingerprint density at radius 1 is 1.21 bits per heavy atom. The second kappa shape index (κ2) is 4.44. The maximum Gasteiger partial charge on any atom is 0.153 e. The third-order valence-corrected chi connectivity index (χ3v) is 3.12. The molecule has 2 aromatic carbocycles. The van der Waals surface area contributed by atoms with Crippen molar-refractivity contribution in [1.82, 2.24) is 10.2 Å². The molecule has 96 valence electrons. The number of nitrogens with zero attached hydrogens (tertiary/aromatic N) is 1. The molecule has 3 rings (SSSR count). The summed E-state index contributed by atoms with van der Waals surface area (Å²) in [5, 5.41) is 11.0. The van der Waals surface area contributed by atoms with E-state index in [1.807, 2.05) is 18.2 Å². The number of hydrogen-bond acceptors (Lipinski definition) is 3. The van der Waals surface area contributed by atoms with E-state index in [0.717, 1.165) is 16.6 Å². The van der Waals surface area contributed by atoms with E-state index < -0.39 is 0 Å². The highest BCUT2D eigenvalue weighted by atomic mass is 35.5. The lowest BCUT2D eigenvalue weighted by Crippen LogP contribution is -1.91. The van der Waals surface area contributed by atoms with Gasteiger partial charge in [0.15, 0.2) is 5.82 Å². The van der Waals surface area contributed by atoms with E-state index in [-0.39, 0.29) is 5.82 Å². The molecule has 0 fully saturated rings. The molecule has 0 saturated carbocycles. The molecule has 4 N–H and O–H groups in total. The molecule has 3 aromatic rings. The molecule has 0 atom stereocenters. The molecule has 0 aliphatic heterocycles. The Bertz CT molecular complexity index is 753. The number of hydrogen-bond donors (Lipinski definition) is 3. The van der Waals surface area contributed by atoms with Gasteiger partial charge >= 0.3 is 0 Å². The monoisotopic (exact) mass is 276 g/mol. The van der Waals surface area contributed by atoms with Crippen molar-refractivity contribution in [2.75, 3.05) is 11.1 Å². The Kier molecular flexibility index (Phi) is 2.76. The summed E-state index contributed by atoms with van der Waals surface area (Å²) in [6.45, 7) is 0. The van der Waals surface area contributed by atoms with Gasteiger partial charge in [-0.25, -0.2) is 4.39 Å². The van der Waals surface area contributed by atoms with Crippen molar-refractivity contribution in [3.8, 4) is 0 Å². The van der Waals surface area contributed by atoms with Crippen LogP contribution in [-0.2, 0) is 0 Å². The summed E-state index contributed by atoms with van der Waals surface area (Å²) in [7, 11) is 0. The van der Waals surface area contributed by atoms with Crippen LogP contribution in [0.15, 0.2) is 36.4 Å². The van der Waals surface area contributed by atoms with E-state index in [4.69, 9.17) is 17.3 Å². The van der Waals surface area contributed by atoms with Gasteiger partial charge in [-0.05, 0) is 36.4 Å². The fraction of sp³-hybridized carbons (Fsp3) is 0. The lowest BCUT2D eigenvalue weighted by atomic mass is 10.2. The number of rotatable bonds is 2. The third kappa shape index (κ3) is 2.20. The van der Waals surface area contributed by atoms with E-state index in [2.05, 4.69) is 15.5 Å². The lowest BCUT2D eigenvalue weighted by Gasteiger charge is -2.08. The van der Waals surface area contributed by atoms with Crippen LogP contribution in [0.3, 0.4) is 0 Å². The Morgan fingerprint density at radius 3 is 2.84 bits per heavy atom. The van der Waals surface area contributed by atoms with Gasteiger partial charge in [0.1, 0.15) is 5.82 Å². The summed E-state index contributed by atoms with van der Waals surface area (Å²) in [6, 6.07) is 9.76. The first-order valence-corrected chi connectivity index (χ1v) is 5.97. The molecule has 6 heteroatoms. The molecule has 4 nitrogen and oxygen atoms in total. The average Bonchev–Trinajstić information content (AvgIpc) is 2.74. The van der Waals surface area contributed by atoms with E-state index >= 15 is 0 Å². The topological polar surface area (TPSA) is 66.7 Å². The normalized spacial score (nSPS) is 10.8. The summed E-state index contributed by atoms with van der Waals surface area (Å²) < 4.78 is 13.0. The van der Waals surface area contributed by atoms with Crippen LogP contribution in [0.2, 0.25) is 5.02 Å². The SMILES string of the molecule is Nc1n[nH]c2cc(Nc3ccc(F)cc3Cl)ccc12. The van der Waals surface area contributed by atoms with Crippen LogP contribution in [0.4, 0.5) is 21.6 Å².